The third kappa shape index (κ3) is 2.59. The lowest BCUT2D eigenvalue weighted by Crippen LogP contribution is -1.95. The minimum absolute atomic E-state index is 0.643. The molecule has 21 heavy (non-hydrogen) atoms. The number of fused-ring (bicyclic) bond motifs is 1. The third-order valence-corrected chi connectivity index (χ3v) is 4.54. The van der Waals surface area contributed by atoms with Crippen LogP contribution in [0.5, 0.6) is 11.5 Å². The molecule has 0 radical (unpaired) electrons. The van der Waals surface area contributed by atoms with Crippen LogP contribution < -0.4 is 10.5 Å². The zero-order valence-electron chi connectivity index (χ0n) is 12.7. The molecule has 0 aliphatic heterocycles. The van der Waals surface area contributed by atoms with Gasteiger partial charge in [0.15, 0.2) is 5.75 Å². The van der Waals surface area contributed by atoms with Crippen LogP contribution in [0.15, 0.2) is 24.3 Å². The SMILES string of the molecule is Cc1cc(C)c(C)c(Oc2cc3nc(C)sc3cc2N)c1. The lowest BCUT2D eigenvalue weighted by Gasteiger charge is -2.13. The molecule has 0 unspecified atom stereocenters. The van der Waals surface area contributed by atoms with Crippen molar-refractivity contribution in [2.45, 2.75) is 27.7 Å². The Morgan fingerprint density at radius 3 is 2.52 bits per heavy atom. The highest BCUT2D eigenvalue weighted by molar-refractivity contribution is 7.18. The summed E-state index contributed by atoms with van der Waals surface area (Å²) in [5.41, 5.74) is 11.2. The Morgan fingerprint density at radius 1 is 1.00 bits per heavy atom. The quantitative estimate of drug-likeness (QED) is 0.684. The highest BCUT2D eigenvalue weighted by Gasteiger charge is 2.11. The van der Waals surface area contributed by atoms with Crippen molar-refractivity contribution in [2.24, 2.45) is 0 Å². The van der Waals surface area contributed by atoms with Crippen molar-refractivity contribution in [3.8, 4) is 11.5 Å². The molecule has 2 N–H and O–H groups in total. The van der Waals surface area contributed by atoms with E-state index >= 15 is 0 Å². The number of hydrogen-bond donors (Lipinski definition) is 1. The molecule has 0 amide bonds. The van der Waals surface area contributed by atoms with Crippen LogP contribution in [-0.4, -0.2) is 4.98 Å². The van der Waals surface area contributed by atoms with E-state index in [4.69, 9.17) is 10.5 Å². The maximum atomic E-state index is 6.12. The summed E-state index contributed by atoms with van der Waals surface area (Å²) in [4.78, 5) is 4.50. The second kappa shape index (κ2) is 5.04. The second-order valence-electron chi connectivity index (χ2n) is 5.40. The van der Waals surface area contributed by atoms with Gasteiger partial charge < -0.3 is 10.5 Å². The largest absolute Gasteiger partial charge is 0.455 e. The van der Waals surface area contributed by atoms with Crippen LogP contribution in [0.1, 0.15) is 21.7 Å². The summed E-state index contributed by atoms with van der Waals surface area (Å²) in [5.74, 6) is 1.52. The van der Waals surface area contributed by atoms with Gasteiger partial charge in [-0.1, -0.05) is 6.07 Å². The minimum atomic E-state index is 0.643. The predicted octanol–water partition coefficient (Wildman–Crippen LogP) is 4.90. The zero-order chi connectivity index (χ0) is 15.1. The first-order valence-electron chi connectivity index (χ1n) is 6.86. The number of rotatable bonds is 2. The van der Waals surface area contributed by atoms with Crippen molar-refractivity contribution in [3.63, 3.8) is 0 Å². The second-order valence-corrected chi connectivity index (χ2v) is 6.63. The molecular weight excluding hydrogens is 280 g/mol. The van der Waals surface area contributed by atoms with E-state index in [0.29, 0.717) is 11.4 Å². The summed E-state index contributed by atoms with van der Waals surface area (Å²) in [5, 5.41) is 1.03. The molecule has 3 nitrogen and oxygen atoms in total. The third-order valence-electron chi connectivity index (χ3n) is 3.61. The molecule has 0 saturated heterocycles. The molecule has 4 heteroatoms. The average molecular weight is 298 g/mol. The van der Waals surface area contributed by atoms with Gasteiger partial charge in [-0.05, 0) is 56.5 Å². The number of ether oxygens (including phenoxy) is 1. The van der Waals surface area contributed by atoms with Crippen molar-refractivity contribution in [3.05, 3.63) is 46.0 Å². The van der Waals surface area contributed by atoms with E-state index in [1.165, 1.54) is 11.1 Å². The molecule has 0 fully saturated rings. The van der Waals surface area contributed by atoms with E-state index in [1.54, 1.807) is 11.3 Å². The normalized spacial score (nSPS) is 11.0. The van der Waals surface area contributed by atoms with Crippen LogP contribution in [0.2, 0.25) is 0 Å². The van der Waals surface area contributed by atoms with Crippen molar-refractivity contribution < 1.29 is 4.74 Å². The highest BCUT2D eigenvalue weighted by atomic mass is 32.1. The summed E-state index contributed by atoms with van der Waals surface area (Å²) in [7, 11) is 0. The van der Waals surface area contributed by atoms with Gasteiger partial charge in [-0.25, -0.2) is 4.98 Å². The number of aromatic nitrogens is 1. The van der Waals surface area contributed by atoms with Crippen molar-refractivity contribution in [1.29, 1.82) is 0 Å². The lowest BCUT2D eigenvalue weighted by atomic mass is 10.1. The zero-order valence-corrected chi connectivity index (χ0v) is 13.5. The van der Waals surface area contributed by atoms with Gasteiger partial charge in [-0.3, -0.25) is 0 Å². The van der Waals surface area contributed by atoms with Gasteiger partial charge in [0.25, 0.3) is 0 Å². The Kier molecular flexibility index (Phi) is 3.33. The summed E-state index contributed by atoms with van der Waals surface area (Å²) < 4.78 is 7.15. The van der Waals surface area contributed by atoms with Crippen LogP contribution in [0.4, 0.5) is 5.69 Å². The number of hydrogen-bond acceptors (Lipinski definition) is 4. The molecule has 0 atom stereocenters. The summed E-state index contributed by atoms with van der Waals surface area (Å²) in [6.07, 6.45) is 0. The average Bonchev–Trinajstić information content (AvgIpc) is 2.75. The molecule has 0 aliphatic rings. The molecule has 1 heterocycles. The van der Waals surface area contributed by atoms with Crippen molar-refractivity contribution in [1.82, 2.24) is 4.98 Å². The maximum absolute atomic E-state index is 6.12. The van der Waals surface area contributed by atoms with Crippen LogP contribution >= 0.6 is 11.3 Å². The van der Waals surface area contributed by atoms with E-state index in [1.807, 2.05) is 25.1 Å². The molecule has 3 aromatic rings. The number of anilines is 1. The Balaban J connectivity index is 2.07. The Bertz CT molecular complexity index is 836. The summed E-state index contributed by atoms with van der Waals surface area (Å²) in [6.45, 7) is 8.21. The molecule has 2 aromatic carbocycles. The first-order chi connectivity index (χ1) is 9.94. The molecule has 1 aromatic heterocycles. The fourth-order valence-electron chi connectivity index (χ4n) is 2.40. The number of nitrogens with zero attached hydrogens (tertiary/aromatic N) is 1. The number of nitrogen functional groups attached to an aromatic ring is 1. The van der Waals surface area contributed by atoms with E-state index in [-0.39, 0.29) is 0 Å². The van der Waals surface area contributed by atoms with Gasteiger partial charge in [0.1, 0.15) is 5.75 Å². The fourth-order valence-corrected chi connectivity index (χ4v) is 3.26. The minimum Gasteiger partial charge on any atom is -0.455 e. The number of thiazole rings is 1. The Hall–Kier alpha value is -2.07. The summed E-state index contributed by atoms with van der Waals surface area (Å²) in [6, 6.07) is 8.05. The van der Waals surface area contributed by atoms with Crippen LogP contribution in [0.25, 0.3) is 10.2 Å². The fraction of sp³-hybridized carbons (Fsp3) is 0.235. The van der Waals surface area contributed by atoms with Gasteiger partial charge in [-0.15, -0.1) is 11.3 Å². The Labute approximate surface area is 128 Å². The van der Waals surface area contributed by atoms with Gasteiger partial charge in [0.05, 0.1) is 20.9 Å². The van der Waals surface area contributed by atoms with E-state index in [2.05, 4.69) is 31.8 Å². The topological polar surface area (TPSA) is 48.1 Å². The monoisotopic (exact) mass is 298 g/mol. The number of nitrogens with two attached hydrogens (primary N) is 1. The standard InChI is InChI=1S/C17H18N2OS/c1-9-5-10(2)11(3)15(6-9)20-16-8-14-17(7-13(16)18)21-12(4)19-14/h5-8H,18H2,1-4H3. The van der Waals surface area contributed by atoms with Crippen LogP contribution in [0.3, 0.4) is 0 Å². The van der Waals surface area contributed by atoms with Crippen LogP contribution in [-0.2, 0) is 0 Å². The van der Waals surface area contributed by atoms with Gasteiger partial charge in [-0.2, -0.15) is 0 Å². The molecule has 0 aliphatic carbocycles. The molecule has 0 bridgehead atoms. The number of aryl methyl sites for hydroxylation is 3. The van der Waals surface area contributed by atoms with Crippen molar-refractivity contribution >= 4 is 27.2 Å². The first kappa shape index (κ1) is 13.9. The first-order valence-corrected chi connectivity index (χ1v) is 7.68. The Morgan fingerprint density at radius 2 is 1.76 bits per heavy atom. The lowest BCUT2D eigenvalue weighted by molar-refractivity contribution is 0.481. The molecule has 108 valence electrons. The van der Waals surface area contributed by atoms with Crippen molar-refractivity contribution in [2.75, 3.05) is 5.73 Å². The molecule has 0 saturated carbocycles. The predicted molar refractivity (Wildman–Crippen MR) is 89.5 cm³/mol. The molecule has 3 rings (SSSR count). The molecule has 0 spiro atoms. The summed E-state index contributed by atoms with van der Waals surface area (Å²) >= 11 is 1.64. The van der Waals surface area contributed by atoms with Gasteiger partial charge in [0.2, 0.25) is 0 Å². The smallest absolute Gasteiger partial charge is 0.152 e. The van der Waals surface area contributed by atoms with E-state index in [0.717, 1.165) is 26.5 Å². The number of benzene rings is 2. The van der Waals surface area contributed by atoms with Gasteiger partial charge in [0, 0.05) is 6.07 Å². The van der Waals surface area contributed by atoms with E-state index < -0.39 is 0 Å². The maximum Gasteiger partial charge on any atom is 0.152 e. The molecular formula is C17H18N2OS. The van der Waals surface area contributed by atoms with E-state index in [9.17, 15) is 0 Å². The highest BCUT2D eigenvalue weighted by Crippen LogP contribution is 2.36. The van der Waals surface area contributed by atoms with Crippen LogP contribution in [0, 0.1) is 27.7 Å². The van der Waals surface area contributed by atoms with Gasteiger partial charge >= 0.3 is 0 Å².